The van der Waals surface area contributed by atoms with Gasteiger partial charge in [0, 0.05) is 12.6 Å². The highest BCUT2D eigenvalue weighted by Gasteiger charge is 2.34. The molecular formula is C11H18N4O3S2. The van der Waals surface area contributed by atoms with Crippen molar-refractivity contribution in [3.63, 3.8) is 0 Å². The second-order valence-corrected chi connectivity index (χ2v) is 7.84. The predicted molar refractivity (Wildman–Crippen MR) is 77.6 cm³/mol. The molecule has 0 bridgehead atoms. The maximum absolute atomic E-state index is 12.3. The number of anilines is 1. The zero-order valence-electron chi connectivity index (χ0n) is 11.3. The summed E-state index contributed by atoms with van der Waals surface area (Å²) in [6.07, 6.45) is 2.30. The molecule has 1 aliphatic heterocycles. The molecule has 1 atom stereocenters. The van der Waals surface area contributed by atoms with Crippen molar-refractivity contribution in [2.75, 3.05) is 23.4 Å². The Labute approximate surface area is 122 Å². The Morgan fingerprint density at radius 2 is 2.40 bits per heavy atom. The van der Waals surface area contributed by atoms with Gasteiger partial charge in [0.05, 0.1) is 11.5 Å². The Bertz CT molecular complexity index is 544. The summed E-state index contributed by atoms with van der Waals surface area (Å²) in [6, 6.07) is -0.531. The van der Waals surface area contributed by atoms with E-state index in [-0.39, 0.29) is 23.6 Å². The Morgan fingerprint density at radius 1 is 1.60 bits per heavy atom. The van der Waals surface area contributed by atoms with Crippen LogP contribution in [0.25, 0.3) is 0 Å². The van der Waals surface area contributed by atoms with E-state index in [0.29, 0.717) is 18.1 Å². The van der Waals surface area contributed by atoms with Gasteiger partial charge >= 0.3 is 6.03 Å². The first-order chi connectivity index (χ1) is 9.52. The van der Waals surface area contributed by atoms with Crippen LogP contribution in [0, 0.1) is 0 Å². The summed E-state index contributed by atoms with van der Waals surface area (Å²) in [5.41, 5.74) is 1.53. The van der Waals surface area contributed by atoms with Gasteiger partial charge in [0.2, 0.25) is 5.13 Å². The molecule has 112 valence electrons. The number of hydrogen-bond acceptors (Lipinski definition) is 6. The van der Waals surface area contributed by atoms with Crippen molar-refractivity contribution >= 4 is 32.3 Å². The molecule has 0 aliphatic carbocycles. The van der Waals surface area contributed by atoms with E-state index in [4.69, 9.17) is 0 Å². The van der Waals surface area contributed by atoms with E-state index in [0.717, 1.165) is 12.8 Å². The molecule has 0 unspecified atom stereocenters. The van der Waals surface area contributed by atoms with Crippen LogP contribution in [0.15, 0.2) is 5.51 Å². The van der Waals surface area contributed by atoms with Gasteiger partial charge in [0.15, 0.2) is 9.84 Å². The smallest absolute Gasteiger partial charge is 0.320 e. The topological polar surface area (TPSA) is 92.3 Å². The van der Waals surface area contributed by atoms with Crippen molar-refractivity contribution < 1.29 is 13.2 Å². The Balaban J connectivity index is 2.04. The van der Waals surface area contributed by atoms with E-state index in [2.05, 4.69) is 15.5 Å². The zero-order chi connectivity index (χ0) is 14.6. The number of amides is 2. The highest BCUT2D eigenvalue weighted by molar-refractivity contribution is 7.91. The molecule has 7 nitrogen and oxygen atoms in total. The van der Waals surface area contributed by atoms with Crippen molar-refractivity contribution in [1.29, 1.82) is 0 Å². The SMILES string of the molecule is CCCCN(C(=O)Nc1nncs1)[C@H]1CCS(=O)(=O)C1. The molecule has 20 heavy (non-hydrogen) atoms. The summed E-state index contributed by atoms with van der Waals surface area (Å²) in [7, 11) is -3.01. The van der Waals surface area contributed by atoms with Crippen LogP contribution in [0.5, 0.6) is 0 Å². The van der Waals surface area contributed by atoms with Gasteiger partial charge in [-0.25, -0.2) is 13.2 Å². The van der Waals surface area contributed by atoms with Crippen molar-refractivity contribution in [3.8, 4) is 0 Å². The van der Waals surface area contributed by atoms with Crippen molar-refractivity contribution in [3.05, 3.63) is 5.51 Å². The largest absolute Gasteiger partial charge is 0.323 e. The van der Waals surface area contributed by atoms with Crippen LogP contribution < -0.4 is 5.32 Å². The van der Waals surface area contributed by atoms with Gasteiger partial charge in [-0.2, -0.15) is 0 Å². The Morgan fingerprint density at radius 3 is 2.95 bits per heavy atom. The highest BCUT2D eigenvalue weighted by Crippen LogP contribution is 2.20. The van der Waals surface area contributed by atoms with Gasteiger partial charge in [-0.15, -0.1) is 10.2 Å². The first-order valence-corrected chi connectivity index (χ1v) is 9.26. The standard InChI is InChI=1S/C11H18N4O3S2/c1-2-3-5-15(9-4-6-20(17,18)7-9)11(16)13-10-14-12-8-19-10/h8-9H,2-7H2,1H3,(H,13,14,16)/t9-/m0/s1. The van der Waals surface area contributed by atoms with Gasteiger partial charge in [-0.3, -0.25) is 5.32 Å². The third kappa shape index (κ3) is 3.89. The van der Waals surface area contributed by atoms with E-state index in [1.807, 2.05) is 6.92 Å². The monoisotopic (exact) mass is 318 g/mol. The van der Waals surface area contributed by atoms with E-state index in [1.54, 1.807) is 4.90 Å². The van der Waals surface area contributed by atoms with Gasteiger partial charge in [0.1, 0.15) is 5.51 Å². The summed E-state index contributed by atoms with van der Waals surface area (Å²) in [4.78, 5) is 13.9. The molecule has 1 fully saturated rings. The number of sulfone groups is 1. The number of nitrogens with zero attached hydrogens (tertiary/aromatic N) is 3. The average Bonchev–Trinajstić information content (AvgIpc) is 3.00. The molecule has 1 saturated heterocycles. The Hall–Kier alpha value is -1.22. The van der Waals surface area contributed by atoms with Crippen LogP contribution in [-0.2, 0) is 9.84 Å². The maximum atomic E-state index is 12.3. The van der Waals surface area contributed by atoms with Crippen molar-refractivity contribution in [2.24, 2.45) is 0 Å². The second-order valence-electron chi connectivity index (χ2n) is 4.78. The molecule has 2 heterocycles. The van der Waals surface area contributed by atoms with Crippen LogP contribution in [0.3, 0.4) is 0 Å². The molecule has 0 saturated carbocycles. The third-order valence-electron chi connectivity index (χ3n) is 3.24. The molecule has 2 amide bonds. The van der Waals surface area contributed by atoms with Crippen LogP contribution in [-0.4, -0.2) is 53.6 Å². The summed E-state index contributed by atoms with van der Waals surface area (Å²) in [6.45, 7) is 2.59. The molecule has 0 radical (unpaired) electrons. The zero-order valence-corrected chi connectivity index (χ0v) is 12.9. The Kier molecular flexibility index (Phi) is 4.92. The van der Waals surface area contributed by atoms with Gasteiger partial charge < -0.3 is 4.90 Å². The number of aromatic nitrogens is 2. The van der Waals surface area contributed by atoms with Crippen LogP contribution >= 0.6 is 11.3 Å². The molecule has 1 aliphatic rings. The fourth-order valence-corrected chi connectivity index (χ4v) is 4.36. The molecule has 1 aromatic rings. The highest BCUT2D eigenvalue weighted by atomic mass is 32.2. The number of unbranched alkanes of at least 4 members (excludes halogenated alkanes) is 1. The molecule has 2 rings (SSSR count). The molecule has 9 heteroatoms. The molecule has 0 spiro atoms. The second kappa shape index (κ2) is 6.49. The first-order valence-electron chi connectivity index (χ1n) is 6.56. The number of rotatable bonds is 5. The number of carbonyl (C=O) groups is 1. The van der Waals surface area contributed by atoms with Gasteiger partial charge in [-0.1, -0.05) is 24.7 Å². The molecule has 0 aromatic carbocycles. The quantitative estimate of drug-likeness (QED) is 0.885. The number of urea groups is 1. The van der Waals surface area contributed by atoms with E-state index in [1.165, 1.54) is 16.8 Å². The first kappa shape index (κ1) is 15.2. The van der Waals surface area contributed by atoms with Crippen LogP contribution in [0.2, 0.25) is 0 Å². The van der Waals surface area contributed by atoms with Gasteiger partial charge in [-0.05, 0) is 12.8 Å². The van der Waals surface area contributed by atoms with Crippen molar-refractivity contribution in [2.45, 2.75) is 32.2 Å². The van der Waals surface area contributed by atoms with Crippen molar-refractivity contribution in [1.82, 2.24) is 15.1 Å². The molecular weight excluding hydrogens is 300 g/mol. The summed E-state index contributed by atoms with van der Waals surface area (Å²) < 4.78 is 23.2. The van der Waals surface area contributed by atoms with E-state index >= 15 is 0 Å². The number of hydrogen-bond donors (Lipinski definition) is 1. The molecule has 1 N–H and O–H groups in total. The minimum absolute atomic E-state index is 0.0558. The summed E-state index contributed by atoms with van der Waals surface area (Å²) in [5, 5.41) is 10.5. The number of carbonyl (C=O) groups excluding carboxylic acids is 1. The fourth-order valence-electron chi connectivity index (χ4n) is 2.19. The van der Waals surface area contributed by atoms with E-state index < -0.39 is 9.84 Å². The average molecular weight is 318 g/mol. The summed E-state index contributed by atoms with van der Waals surface area (Å²) in [5.74, 6) is 0.215. The minimum atomic E-state index is -3.01. The minimum Gasteiger partial charge on any atom is -0.320 e. The third-order valence-corrected chi connectivity index (χ3v) is 5.59. The normalized spacial score (nSPS) is 20.8. The maximum Gasteiger partial charge on any atom is 0.323 e. The summed E-state index contributed by atoms with van der Waals surface area (Å²) >= 11 is 1.24. The number of nitrogens with one attached hydrogen (secondary N) is 1. The molecule has 1 aromatic heterocycles. The van der Waals surface area contributed by atoms with Gasteiger partial charge in [0.25, 0.3) is 0 Å². The van der Waals surface area contributed by atoms with Crippen LogP contribution in [0.4, 0.5) is 9.93 Å². The lowest BCUT2D eigenvalue weighted by molar-refractivity contribution is 0.192. The lowest BCUT2D eigenvalue weighted by Gasteiger charge is -2.27. The lowest BCUT2D eigenvalue weighted by Crippen LogP contribution is -2.44. The van der Waals surface area contributed by atoms with Crippen LogP contribution in [0.1, 0.15) is 26.2 Å². The predicted octanol–water partition coefficient (Wildman–Crippen LogP) is 1.36. The lowest BCUT2D eigenvalue weighted by atomic mass is 10.2. The fraction of sp³-hybridized carbons (Fsp3) is 0.727. The van der Waals surface area contributed by atoms with E-state index in [9.17, 15) is 13.2 Å².